The van der Waals surface area contributed by atoms with Gasteiger partial charge >= 0.3 is 6.03 Å². The lowest BCUT2D eigenvalue weighted by atomic mass is 9.92. The summed E-state index contributed by atoms with van der Waals surface area (Å²) in [6.45, 7) is 9.80. The van der Waals surface area contributed by atoms with Crippen molar-refractivity contribution in [2.24, 2.45) is 0 Å². The molecule has 11 heteroatoms. The second-order valence-corrected chi connectivity index (χ2v) is 11.9. The number of carbonyl (C=O) groups excluding carboxylic acids is 2. The molecule has 11 nitrogen and oxygen atoms in total. The first kappa shape index (κ1) is 32.1. The lowest BCUT2D eigenvalue weighted by Crippen LogP contribution is -2.26. The normalized spacial score (nSPS) is 12.0. The lowest BCUT2D eigenvalue weighted by Gasteiger charge is -2.17. The van der Waals surface area contributed by atoms with Gasteiger partial charge in [-0.1, -0.05) is 62.7 Å². The molecule has 0 aliphatic carbocycles. The number of aryl methyl sites for hydroxylation is 1. The highest BCUT2D eigenvalue weighted by molar-refractivity contribution is 6.07. The Morgan fingerprint density at radius 1 is 0.935 bits per heavy atom. The van der Waals surface area contributed by atoms with E-state index < -0.39 is 12.1 Å². The average Bonchev–Trinajstić information content (AvgIpc) is 3.45. The molecule has 0 aliphatic heterocycles. The Morgan fingerprint density at radius 2 is 1.67 bits per heavy atom. The molecule has 0 aliphatic rings. The third-order valence-electron chi connectivity index (χ3n) is 7.10. The Hall–Kier alpha value is -5.26. The summed E-state index contributed by atoms with van der Waals surface area (Å²) in [7, 11) is 1.54. The zero-order valence-electron chi connectivity index (χ0n) is 26.8. The fraction of sp³-hybridized carbons (Fsp3) is 0.257. The summed E-state index contributed by atoms with van der Waals surface area (Å²) in [4.78, 5) is 34.6. The van der Waals surface area contributed by atoms with Gasteiger partial charge in [-0.05, 0) is 37.3 Å². The van der Waals surface area contributed by atoms with Crippen LogP contribution in [0.1, 0.15) is 50.8 Å². The van der Waals surface area contributed by atoms with E-state index in [9.17, 15) is 9.59 Å². The van der Waals surface area contributed by atoms with Gasteiger partial charge in [0.15, 0.2) is 6.10 Å². The van der Waals surface area contributed by atoms with Crippen LogP contribution < -0.4 is 20.9 Å². The van der Waals surface area contributed by atoms with E-state index in [4.69, 9.17) is 19.4 Å². The molecule has 3 N–H and O–H groups in total. The van der Waals surface area contributed by atoms with Crippen molar-refractivity contribution < 1.29 is 23.9 Å². The molecule has 3 amide bonds. The maximum atomic E-state index is 13.4. The number of hydrogen-bond acceptors (Lipinski definition) is 7. The number of nitrogens with one attached hydrogen (secondary N) is 3. The zero-order valence-corrected chi connectivity index (χ0v) is 26.8. The van der Waals surface area contributed by atoms with Gasteiger partial charge in [0.05, 0.1) is 29.4 Å². The molecule has 2 heterocycles. The van der Waals surface area contributed by atoms with Gasteiger partial charge in [0.2, 0.25) is 5.91 Å². The smallest absolute Gasteiger partial charge is 0.324 e. The molecule has 0 spiro atoms. The van der Waals surface area contributed by atoms with Gasteiger partial charge in [0.25, 0.3) is 0 Å². The molecule has 5 rings (SSSR count). The van der Waals surface area contributed by atoms with Crippen LogP contribution in [0.2, 0.25) is 0 Å². The number of amides is 3. The van der Waals surface area contributed by atoms with Crippen molar-refractivity contribution in [1.82, 2.24) is 20.2 Å². The summed E-state index contributed by atoms with van der Waals surface area (Å²) < 4.78 is 13.3. The van der Waals surface area contributed by atoms with Crippen molar-refractivity contribution in [2.75, 3.05) is 24.4 Å². The maximum absolute atomic E-state index is 13.4. The zero-order chi connectivity index (χ0) is 32.8. The minimum Gasteiger partial charge on any atom is -0.457 e. The number of hydrogen-bond donors (Lipinski definition) is 3. The molecule has 1 atom stereocenters. The van der Waals surface area contributed by atoms with Crippen LogP contribution in [0.4, 0.5) is 16.3 Å². The number of fused-ring (bicyclic) bond motifs is 1. The first-order valence-corrected chi connectivity index (χ1v) is 14.8. The van der Waals surface area contributed by atoms with Gasteiger partial charge in [0, 0.05) is 48.6 Å². The third-order valence-corrected chi connectivity index (χ3v) is 7.10. The number of carbonyl (C=O) groups is 2. The van der Waals surface area contributed by atoms with Crippen LogP contribution >= 0.6 is 0 Å². The highest BCUT2D eigenvalue weighted by atomic mass is 16.7. The van der Waals surface area contributed by atoms with Crippen LogP contribution in [0, 0.1) is 6.92 Å². The number of urea groups is 1. The molecule has 3 aromatic carbocycles. The minimum absolute atomic E-state index is 0.172. The fourth-order valence-electron chi connectivity index (χ4n) is 4.74. The highest BCUT2D eigenvalue weighted by Crippen LogP contribution is 2.35. The van der Waals surface area contributed by atoms with Gasteiger partial charge in [0.1, 0.15) is 17.3 Å². The molecule has 0 bridgehead atoms. The minimum atomic E-state index is -0.638. The SMILES string of the molecule is COCC(ONC(C)=O)c1cc(Oc2ccc(NC(=O)Nc3cc(C(C)(C)C)nn3-c3ccc(C)cc3)c3ccccc23)ccn1. The van der Waals surface area contributed by atoms with Gasteiger partial charge in [-0.25, -0.2) is 15.0 Å². The summed E-state index contributed by atoms with van der Waals surface area (Å²) in [5.41, 5.74) is 6.08. The Kier molecular flexibility index (Phi) is 9.64. The average molecular weight is 623 g/mol. The van der Waals surface area contributed by atoms with Crippen LogP contribution in [0.15, 0.2) is 85.1 Å². The van der Waals surface area contributed by atoms with E-state index in [1.807, 2.05) is 61.5 Å². The van der Waals surface area contributed by atoms with Crippen molar-refractivity contribution in [3.05, 3.63) is 102 Å². The van der Waals surface area contributed by atoms with Crippen LogP contribution in [-0.4, -0.2) is 40.4 Å². The summed E-state index contributed by atoms with van der Waals surface area (Å²) in [5, 5.41) is 12.4. The summed E-state index contributed by atoms with van der Waals surface area (Å²) in [6.07, 6.45) is 0.959. The lowest BCUT2D eigenvalue weighted by molar-refractivity contribution is -0.139. The molecule has 2 aromatic heterocycles. The molecular formula is C35H38N6O5. The van der Waals surface area contributed by atoms with Crippen LogP contribution in [0.5, 0.6) is 11.5 Å². The second kappa shape index (κ2) is 13.8. The van der Waals surface area contributed by atoms with Gasteiger partial charge < -0.3 is 14.8 Å². The molecule has 5 aromatic rings. The van der Waals surface area contributed by atoms with E-state index in [1.54, 1.807) is 35.1 Å². The molecule has 0 saturated carbocycles. The van der Waals surface area contributed by atoms with Gasteiger partial charge in [-0.3, -0.25) is 19.9 Å². The van der Waals surface area contributed by atoms with Crippen molar-refractivity contribution in [3.8, 4) is 17.2 Å². The number of aromatic nitrogens is 3. The number of nitrogens with zero attached hydrogens (tertiary/aromatic N) is 3. The van der Waals surface area contributed by atoms with Crippen molar-refractivity contribution in [1.29, 1.82) is 0 Å². The number of methoxy groups -OCH3 is 1. The standard InChI is InChI=1S/C35H38N6O5/c1-22-11-13-24(14-12-22)41-33(20-32(39-41)35(3,4)5)38-34(43)37-28-15-16-30(27-10-8-7-9-26(27)28)45-25-17-18-36-29(19-25)31(21-44-6)46-40-23(2)42/h7-20,31H,21H2,1-6H3,(H,40,42)(H2,37,38,43). The third kappa shape index (κ3) is 7.68. The van der Waals surface area contributed by atoms with Crippen molar-refractivity contribution >= 4 is 34.2 Å². The first-order valence-electron chi connectivity index (χ1n) is 14.8. The van der Waals surface area contributed by atoms with E-state index in [-0.39, 0.29) is 17.9 Å². The molecule has 238 valence electrons. The van der Waals surface area contributed by atoms with E-state index in [0.29, 0.717) is 28.7 Å². The summed E-state index contributed by atoms with van der Waals surface area (Å²) in [6, 6.07) is 24.2. The molecule has 0 saturated heterocycles. The number of hydroxylamine groups is 1. The van der Waals surface area contributed by atoms with Crippen molar-refractivity contribution in [2.45, 2.75) is 46.1 Å². The predicted molar refractivity (Wildman–Crippen MR) is 177 cm³/mol. The molecular weight excluding hydrogens is 584 g/mol. The predicted octanol–water partition coefficient (Wildman–Crippen LogP) is 7.22. The van der Waals surface area contributed by atoms with E-state index in [0.717, 1.165) is 27.7 Å². The Bertz CT molecular complexity index is 1850. The van der Waals surface area contributed by atoms with E-state index in [2.05, 4.69) is 41.9 Å². The Balaban J connectivity index is 1.38. The monoisotopic (exact) mass is 622 g/mol. The molecule has 0 fully saturated rings. The van der Waals surface area contributed by atoms with Crippen molar-refractivity contribution in [3.63, 3.8) is 0 Å². The second-order valence-electron chi connectivity index (χ2n) is 11.9. The maximum Gasteiger partial charge on any atom is 0.324 e. The number of ether oxygens (including phenoxy) is 2. The van der Waals surface area contributed by atoms with Gasteiger partial charge in [-0.2, -0.15) is 5.10 Å². The Labute approximate surface area is 267 Å². The van der Waals surface area contributed by atoms with Crippen LogP contribution in [0.3, 0.4) is 0 Å². The summed E-state index contributed by atoms with van der Waals surface area (Å²) in [5.74, 6) is 1.31. The largest absolute Gasteiger partial charge is 0.457 e. The molecule has 1 unspecified atom stereocenters. The molecule has 46 heavy (non-hydrogen) atoms. The molecule has 0 radical (unpaired) electrons. The number of rotatable bonds is 10. The quantitative estimate of drug-likeness (QED) is 0.140. The van der Waals surface area contributed by atoms with Crippen LogP contribution in [0.25, 0.3) is 16.5 Å². The topological polar surface area (TPSA) is 129 Å². The van der Waals surface area contributed by atoms with Gasteiger partial charge in [-0.15, -0.1) is 0 Å². The Morgan fingerprint density at radius 3 is 2.37 bits per heavy atom. The summed E-state index contributed by atoms with van der Waals surface area (Å²) >= 11 is 0. The number of anilines is 2. The van der Waals surface area contributed by atoms with Crippen LogP contribution in [-0.2, 0) is 19.8 Å². The highest BCUT2D eigenvalue weighted by Gasteiger charge is 2.22. The number of pyridine rings is 1. The fourth-order valence-corrected chi connectivity index (χ4v) is 4.74. The van der Waals surface area contributed by atoms with E-state index in [1.165, 1.54) is 14.0 Å². The van der Waals surface area contributed by atoms with E-state index >= 15 is 0 Å². The number of benzene rings is 3. The first-order chi connectivity index (χ1) is 22.0.